The minimum atomic E-state index is -0.822. The Kier molecular flexibility index (Phi) is 56.4. The summed E-state index contributed by atoms with van der Waals surface area (Å²) in [5.74, 6) is -1.01. The van der Waals surface area contributed by atoms with E-state index < -0.39 is 6.10 Å². The maximum atomic E-state index is 12.9. The van der Waals surface area contributed by atoms with Crippen molar-refractivity contribution in [3.63, 3.8) is 0 Å². The van der Waals surface area contributed by atoms with E-state index >= 15 is 0 Å². The topological polar surface area (TPSA) is 78.9 Å². The predicted octanol–water partition coefficient (Wildman–Crippen LogP) is 20.2. The Morgan fingerprint density at radius 3 is 0.904 bits per heavy atom. The number of allylic oxidation sites excluding steroid dienone is 22. The summed E-state index contributed by atoms with van der Waals surface area (Å²) in [5.41, 5.74) is 0. The van der Waals surface area contributed by atoms with Crippen molar-refractivity contribution < 1.29 is 28.6 Å². The zero-order chi connectivity index (χ0) is 52.9. The molecule has 1 atom stereocenters. The van der Waals surface area contributed by atoms with Crippen molar-refractivity contribution in [3.05, 3.63) is 134 Å². The predicted molar refractivity (Wildman–Crippen MR) is 316 cm³/mol. The van der Waals surface area contributed by atoms with E-state index in [-0.39, 0.29) is 37.5 Å². The molecule has 0 saturated carbocycles. The number of ether oxygens (including phenoxy) is 3. The Bertz CT molecular complexity index is 1580. The van der Waals surface area contributed by atoms with E-state index in [9.17, 15) is 14.4 Å². The highest BCUT2D eigenvalue weighted by Crippen LogP contribution is 2.14. The van der Waals surface area contributed by atoms with E-state index in [1.807, 2.05) is 0 Å². The van der Waals surface area contributed by atoms with Gasteiger partial charge in [-0.15, -0.1) is 0 Å². The lowest BCUT2D eigenvalue weighted by atomic mass is 10.1. The summed E-state index contributed by atoms with van der Waals surface area (Å²) in [6.45, 7) is 6.39. The first-order valence-electron chi connectivity index (χ1n) is 29.7. The molecular weight excluding hydrogens is 901 g/mol. The van der Waals surface area contributed by atoms with Gasteiger partial charge in [0.05, 0.1) is 0 Å². The molecule has 6 nitrogen and oxygen atoms in total. The molecule has 0 aromatic carbocycles. The maximum Gasteiger partial charge on any atom is 0.306 e. The van der Waals surface area contributed by atoms with E-state index in [0.29, 0.717) is 19.3 Å². The van der Waals surface area contributed by atoms with Crippen LogP contribution in [0.15, 0.2) is 134 Å². The second-order valence-corrected chi connectivity index (χ2v) is 19.2. The summed E-state index contributed by atoms with van der Waals surface area (Å²) in [6.07, 6.45) is 84.4. The number of carbonyl (C=O) groups is 3. The van der Waals surface area contributed by atoms with Crippen LogP contribution in [-0.2, 0) is 28.6 Å². The second-order valence-electron chi connectivity index (χ2n) is 19.2. The number of esters is 3. The Hall–Kier alpha value is -4.45. The molecule has 0 rings (SSSR count). The molecule has 0 amide bonds. The van der Waals surface area contributed by atoms with Crippen molar-refractivity contribution in [2.75, 3.05) is 13.2 Å². The monoisotopic (exact) mass is 1010 g/mol. The Morgan fingerprint density at radius 1 is 0.288 bits per heavy atom. The first kappa shape index (κ1) is 68.6. The number of hydrogen-bond donors (Lipinski definition) is 0. The molecule has 0 fully saturated rings. The van der Waals surface area contributed by atoms with Crippen molar-refractivity contribution in [2.45, 2.75) is 258 Å². The van der Waals surface area contributed by atoms with Crippen LogP contribution in [0.5, 0.6) is 0 Å². The number of rotatable bonds is 52. The van der Waals surface area contributed by atoms with Crippen LogP contribution in [0.25, 0.3) is 0 Å². The molecule has 0 aromatic heterocycles. The van der Waals surface area contributed by atoms with Crippen LogP contribution < -0.4 is 0 Å². The fourth-order valence-corrected chi connectivity index (χ4v) is 7.67. The zero-order valence-electron chi connectivity index (χ0n) is 47.1. The van der Waals surface area contributed by atoms with Crippen molar-refractivity contribution in [3.8, 4) is 0 Å². The van der Waals surface area contributed by atoms with Gasteiger partial charge in [0, 0.05) is 19.3 Å². The molecular formula is C67H108O6. The van der Waals surface area contributed by atoms with Gasteiger partial charge in [-0.1, -0.05) is 231 Å². The van der Waals surface area contributed by atoms with Gasteiger partial charge in [-0.2, -0.15) is 0 Å². The molecule has 0 radical (unpaired) electrons. The average Bonchev–Trinajstić information content (AvgIpc) is 3.39. The maximum absolute atomic E-state index is 12.9. The van der Waals surface area contributed by atoms with E-state index in [1.165, 1.54) is 96.3 Å². The van der Waals surface area contributed by atoms with E-state index in [2.05, 4.69) is 154 Å². The molecule has 0 unspecified atom stereocenters. The van der Waals surface area contributed by atoms with Crippen molar-refractivity contribution >= 4 is 17.9 Å². The van der Waals surface area contributed by atoms with Crippen LogP contribution in [0.1, 0.15) is 252 Å². The van der Waals surface area contributed by atoms with Gasteiger partial charge in [-0.25, -0.2) is 0 Å². The van der Waals surface area contributed by atoms with Gasteiger partial charge >= 0.3 is 17.9 Å². The molecule has 0 aliphatic carbocycles. The molecule has 0 N–H and O–H groups in total. The smallest absolute Gasteiger partial charge is 0.306 e. The zero-order valence-corrected chi connectivity index (χ0v) is 47.1. The lowest BCUT2D eigenvalue weighted by molar-refractivity contribution is -0.167. The first-order chi connectivity index (χ1) is 36.0. The number of carbonyl (C=O) groups excluding carboxylic acids is 3. The lowest BCUT2D eigenvalue weighted by Gasteiger charge is -2.18. The molecule has 0 saturated heterocycles. The minimum Gasteiger partial charge on any atom is -0.462 e. The standard InChI is InChI=1S/C67H108O6/c1-4-7-10-13-16-19-22-25-28-31-33-36-39-42-45-48-51-54-57-60-66(69)72-63-64(62-71-65(68)59-56-53-50-47-44-41-38-35-30-27-24-21-18-15-12-9-6-3)73-67(70)61-58-55-52-49-46-43-40-37-34-32-29-26-23-20-17-14-11-8-5-2/h7,10,16-21,25-30,33,36,38,41-42,45,47,50,64H,4-6,8-9,11-15,22-24,31-32,34-35,37,39-40,43-44,46,48-49,51-63H2,1-3H3/b10-7-,19-16-,20-17-,21-18-,28-25-,29-26-,30-27-,36-33-,41-38-,45-42-,50-47-/t64-/m1/s1. The number of hydrogen-bond acceptors (Lipinski definition) is 6. The summed E-state index contributed by atoms with van der Waals surface area (Å²) >= 11 is 0. The highest BCUT2D eigenvalue weighted by molar-refractivity contribution is 5.71. The quantitative estimate of drug-likeness (QED) is 0.0261. The van der Waals surface area contributed by atoms with Crippen LogP contribution in [0.4, 0.5) is 0 Å². The van der Waals surface area contributed by atoms with Crippen LogP contribution >= 0.6 is 0 Å². The molecule has 6 heteroatoms. The fourth-order valence-electron chi connectivity index (χ4n) is 7.67. The third-order valence-corrected chi connectivity index (χ3v) is 12.1. The highest BCUT2D eigenvalue weighted by Gasteiger charge is 2.19. The van der Waals surface area contributed by atoms with E-state index in [4.69, 9.17) is 14.2 Å². The van der Waals surface area contributed by atoms with Gasteiger partial charge in [0.15, 0.2) is 6.10 Å². The molecule has 0 bridgehead atoms. The summed E-state index contributed by atoms with van der Waals surface area (Å²) in [7, 11) is 0. The highest BCUT2D eigenvalue weighted by atomic mass is 16.6. The van der Waals surface area contributed by atoms with Crippen LogP contribution in [0.3, 0.4) is 0 Å². The second kappa shape index (κ2) is 60.1. The summed E-state index contributed by atoms with van der Waals surface area (Å²) in [6, 6.07) is 0. The molecule has 412 valence electrons. The van der Waals surface area contributed by atoms with Crippen molar-refractivity contribution in [1.29, 1.82) is 0 Å². The average molecular weight is 1010 g/mol. The summed E-state index contributed by atoms with van der Waals surface area (Å²) < 4.78 is 16.8. The van der Waals surface area contributed by atoms with Gasteiger partial charge in [0.1, 0.15) is 13.2 Å². The van der Waals surface area contributed by atoms with Crippen LogP contribution in [-0.4, -0.2) is 37.2 Å². The third kappa shape index (κ3) is 58.3. The van der Waals surface area contributed by atoms with E-state index in [1.54, 1.807) is 0 Å². The molecule has 0 aromatic rings. The number of unbranched alkanes of at least 4 members (excludes halogenated alkanes) is 19. The van der Waals surface area contributed by atoms with Gasteiger partial charge in [0.2, 0.25) is 0 Å². The van der Waals surface area contributed by atoms with Gasteiger partial charge < -0.3 is 14.2 Å². The SMILES string of the molecule is CC/C=C\C/C=C\C/C=C\C/C=C\C/C=C\CCCCCC(=O)OC[C@@H](COC(=O)CCC/C=C\C/C=C\C/C=C\C/C=C\CCCCC)OC(=O)CCCCCCCCCCC/C=C\C/C=C\CCCCC. The summed E-state index contributed by atoms with van der Waals surface area (Å²) in [4.78, 5) is 38.2. The molecule has 0 heterocycles. The third-order valence-electron chi connectivity index (χ3n) is 12.1. The van der Waals surface area contributed by atoms with Crippen LogP contribution in [0.2, 0.25) is 0 Å². The van der Waals surface area contributed by atoms with E-state index in [0.717, 1.165) is 109 Å². The first-order valence-corrected chi connectivity index (χ1v) is 29.7. The van der Waals surface area contributed by atoms with Crippen molar-refractivity contribution in [2.24, 2.45) is 0 Å². The minimum absolute atomic E-state index is 0.118. The lowest BCUT2D eigenvalue weighted by Crippen LogP contribution is -2.30. The van der Waals surface area contributed by atoms with Crippen molar-refractivity contribution in [1.82, 2.24) is 0 Å². The molecule has 0 aliphatic heterocycles. The van der Waals surface area contributed by atoms with Gasteiger partial charge in [-0.3, -0.25) is 14.4 Å². The Morgan fingerprint density at radius 2 is 0.548 bits per heavy atom. The van der Waals surface area contributed by atoms with Crippen LogP contribution in [0, 0.1) is 0 Å². The largest absolute Gasteiger partial charge is 0.462 e. The Balaban J connectivity index is 4.55. The molecule has 73 heavy (non-hydrogen) atoms. The van der Waals surface area contributed by atoms with Gasteiger partial charge in [-0.05, 0) is 135 Å². The fraction of sp³-hybridized carbons (Fsp3) is 0.627. The molecule has 0 spiro atoms. The summed E-state index contributed by atoms with van der Waals surface area (Å²) in [5, 5.41) is 0. The van der Waals surface area contributed by atoms with Gasteiger partial charge in [0.25, 0.3) is 0 Å². The Labute approximate surface area is 449 Å². The molecule has 0 aliphatic rings. The normalized spacial score (nSPS) is 13.1.